The summed E-state index contributed by atoms with van der Waals surface area (Å²) in [5.74, 6) is -0.533. The van der Waals surface area contributed by atoms with E-state index in [4.69, 9.17) is 10.8 Å². The minimum atomic E-state index is -0.296. The van der Waals surface area contributed by atoms with Crippen molar-refractivity contribution in [2.45, 2.75) is 6.92 Å². The Balaban J connectivity index is 3.27. The summed E-state index contributed by atoms with van der Waals surface area (Å²) in [5, 5.41) is 9.16. The normalized spacial score (nSPS) is 9.55. The molecule has 0 atom stereocenters. The number of aromatic nitrogens is 1. The predicted molar refractivity (Wildman–Crippen MR) is 40.3 cm³/mol. The summed E-state index contributed by atoms with van der Waals surface area (Å²) in [4.78, 5) is 14.4. The summed E-state index contributed by atoms with van der Waals surface area (Å²) >= 11 is 0. The Morgan fingerprint density at radius 3 is 2.82 bits per heavy atom. The van der Waals surface area contributed by atoms with Crippen LogP contribution in [0.5, 0.6) is 5.75 Å². The summed E-state index contributed by atoms with van der Waals surface area (Å²) in [7, 11) is 0. The molecule has 4 nitrogen and oxygen atoms in total. The topological polar surface area (TPSA) is 76.2 Å². The number of carbonyl (C=O) groups is 1. The molecule has 4 heteroatoms. The molecule has 11 heavy (non-hydrogen) atoms. The van der Waals surface area contributed by atoms with Gasteiger partial charge in [-0.2, -0.15) is 0 Å². The van der Waals surface area contributed by atoms with Crippen molar-refractivity contribution in [3.63, 3.8) is 0 Å². The molecule has 0 unspecified atom stereocenters. The zero-order valence-electron chi connectivity index (χ0n) is 6.03. The fourth-order valence-electron chi connectivity index (χ4n) is 0.727. The number of hydrogen-bond donors (Lipinski definition) is 2. The molecule has 1 aromatic heterocycles. The van der Waals surface area contributed by atoms with Crippen LogP contribution in [0.4, 0.5) is 5.69 Å². The lowest BCUT2D eigenvalue weighted by Crippen LogP contribution is -1.99. The molecule has 0 aliphatic carbocycles. The molecule has 0 aliphatic heterocycles. The van der Waals surface area contributed by atoms with Crippen molar-refractivity contribution in [3.8, 4) is 5.75 Å². The third-order valence-corrected chi connectivity index (χ3v) is 1.29. The maximum atomic E-state index is 10.7. The van der Waals surface area contributed by atoms with Crippen molar-refractivity contribution >= 4 is 11.5 Å². The number of aromatic hydroxyl groups is 1. The van der Waals surface area contributed by atoms with Crippen LogP contribution in [-0.2, 0) is 0 Å². The molecule has 0 spiro atoms. The van der Waals surface area contributed by atoms with Gasteiger partial charge in [-0.05, 0) is 6.07 Å². The minimum absolute atomic E-state index is 0.0185. The van der Waals surface area contributed by atoms with Crippen LogP contribution >= 0.6 is 0 Å². The lowest BCUT2D eigenvalue weighted by molar-refractivity contribution is 0.101. The number of anilines is 1. The molecule has 58 valence electrons. The first-order valence-electron chi connectivity index (χ1n) is 3.07. The van der Waals surface area contributed by atoms with Crippen LogP contribution < -0.4 is 5.73 Å². The molecule has 0 radical (unpaired) electrons. The van der Waals surface area contributed by atoms with Crippen molar-refractivity contribution in [3.05, 3.63) is 18.0 Å². The Bertz CT molecular complexity index is 296. The van der Waals surface area contributed by atoms with Crippen LogP contribution in [-0.4, -0.2) is 15.9 Å². The van der Waals surface area contributed by atoms with E-state index in [-0.39, 0.29) is 22.9 Å². The highest BCUT2D eigenvalue weighted by molar-refractivity contribution is 5.96. The number of pyridine rings is 1. The second-order valence-corrected chi connectivity index (χ2v) is 2.15. The van der Waals surface area contributed by atoms with Gasteiger partial charge in [-0.3, -0.25) is 4.79 Å². The van der Waals surface area contributed by atoms with E-state index in [1.54, 1.807) is 0 Å². The van der Waals surface area contributed by atoms with E-state index in [2.05, 4.69) is 4.98 Å². The number of ketones is 1. The summed E-state index contributed by atoms with van der Waals surface area (Å²) in [5.41, 5.74) is 5.51. The predicted octanol–water partition coefficient (Wildman–Crippen LogP) is 0.572. The molecular weight excluding hydrogens is 144 g/mol. The van der Waals surface area contributed by atoms with Gasteiger partial charge >= 0.3 is 0 Å². The average Bonchev–Trinajstić information content (AvgIpc) is 1.94. The molecule has 0 aromatic carbocycles. The van der Waals surface area contributed by atoms with Gasteiger partial charge in [0.25, 0.3) is 0 Å². The monoisotopic (exact) mass is 152 g/mol. The second-order valence-electron chi connectivity index (χ2n) is 2.15. The molecular formula is C7H8N2O2. The molecule has 1 rings (SSSR count). The number of carbonyl (C=O) groups excluding carboxylic acids is 1. The Kier molecular flexibility index (Phi) is 1.76. The van der Waals surface area contributed by atoms with Gasteiger partial charge in [0.15, 0.2) is 11.5 Å². The lowest BCUT2D eigenvalue weighted by Gasteiger charge is -2.00. The number of nitrogens with zero attached hydrogens (tertiary/aromatic N) is 1. The number of nitrogen functional groups attached to an aromatic ring is 1. The van der Waals surface area contributed by atoms with Gasteiger partial charge in [0.1, 0.15) is 5.69 Å². The summed E-state index contributed by atoms with van der Waals surface area (Å²) in [6, 6.07) is 1.43. The van der Waals surface area contributed by atoms with Crippen LogP contribution in [0.25, 0.3) is 0 Å². The van der Waals surface area contributed by atoms with E-state index in [0.717, 1.165) is 0 Å². The Hall–Kier alpha value is -1.58. The first-order valence-corrected chi connectivity index (χ1v) is 3.07. The van der Waals surface area contributed by atoms with E-state index in [1.165, 1.54) is 19.2 Å². The number of rotatable bonds is 1. The summed E-state index contributed by atoms with van der Waals surface area (Å²) in [6.07, 6.45) is 1.38. The highest BCUT2D eigenvalue weighted by atomic mass is 16.3. The van der Waals surface area contributed by atoms with Gasteiger partial charge in [0.05, 0.1) is 5.69 Å². The molecule has 3 N–H and O–H groups in total. The quantitative estimate of drug-likeness (QED) is 0.577. The number of hydrogen-bond acceptors (Lipinski definition) is 4. The maximum Gasteiger partial charge on any atom is 0.181 e. The average molecular weight is 152 g/mol. The maximum absolute atomic E-state index is 10.7. The van der Waals surface area contributed by atoms with Crippen LogP contribution in [0.3, 0.4) is 0 Å². The molecule has 0 aliphatic rings. The zero-order chi connectivity index (χ0) is 8.43. The SMILES string of the molecule is CC(=O)c1nccc(N)c1O. The first kappa shape index (κ1) is 7.53. The number of Topliss-reactive ketones (excluding diaryl/α,β-unsaturated/α-hetero) is 1. The van der Waals surface area contributed by atoms with Crippen molar-refractivity contribution < 1.29 is 9.90 Å². The summed E-state index contributed by atoms with van der Waals surface area (Å²) in [6.45, 7) is 1.32. The van der Waals surface area contributed by atoms with Gasteiger partial charge in [0, 0.05) is 13.1 Å². The Morgan fingerprint density at radius 2 is 2.36 bits per heavy atom. The Labute approximate surface area is 63.7 Å². The fourth-order valence-corrected chi connectivity index (χ4v) is 0.727. The molecule has 0 amide bonds. The van der Waals surface area contributed by atoms with E-state index in [9.17, 15) is 4.79 Å². The number of nitrogens with two attached hydrogens (primary N) is 1. The fraction of sp³-hybridized carbons (Fsp3) is 0.143. The van der Waals surface area contributed by atoms with Gasteiger partial charge < -0.3 is 10.8 Å². The van der Waals surface area contributed by atoms with Gasteiger partial charge in [-0.15, -0.1) is 0 Å². The highest BCUT2D eigenvalue weighted by Crippen LogP contribution is 2.21. The van der Waals surface area contributed by atoms with Gasteiger partial charge in [0.2, 0.25) is 0 Å². The van der Waals surface area contributed by atoms with Crippen molar-refractivity contribution in [1.29, 1.82) is 0 Å². The van der Waals surface area contributed by atoms with E-state index >= 15 is 0 Å². The van der Waals surface area contributed by atoms with Gasteiger partial charge in [-0.25, -0.2) is 4.98 Å². The lowest BCUT2D eigenvalue weighted by atomic mass is 10.2. The zero-order valence-corrected chi connectivity index (χ0v) is 6.03. The summed E-state index contributed by atoms with van der Waals surface area (Å²) < 4.78 is 0. The van der Waals surface area contributed by atoms with Gasteiger partial charge in [-0.1, -0.05) is 0 Å². The molecule has 0 bridgehead atoms. The largest absolute Gasteiger partial charge is 0.504 e. The third-order valence-electron chi connectivity index (χ3n) is 1.29. The molecule has 0 saturated heterocycles. The first-order chi connectivity index (χ1) is 5.13. The third kappa shape index (κ3) is 1.29. The highest BCUT2D eigenvalue weighted by Gasteiger charge is 2.09. The van der Waals surface area contributed by atoms with Crippen LogP contribution in [0.2, 0.25) is 0 Å². The van der Waals surface area contributed by atoms with Crippen LogP contribution in [0, 0.1) is 0 Å². The Morgan fingerprint density at radius 1 is 1.73 bits per heavy atom. The van der Waals surface area contributed by atoms with Crippen molar-refractivity contribution in [1.82, 2.24) is 4.98 Å². The molecule has 1 heterocycles. The van der Waals surface area contributed by atoms with E-state index < -0.39 is 0 Å². The second kappa shape index (κ2) is 2.57. The van der Waals surface area contributed by atoms with Crippen molar-refractivity contribution in [2.75, 3.05) is 5.73 Å². The van der Waals surface area contributed by atoms with Crippen LogP contribution in [0.1, 0.15) is 17.4 Å². The molecule has 0 saturated carbocycles. The molecule has 1 aromatic rings. The van der Waals surface area contributed by atoms with Crippen molar-refractivity contribution in [2.24, 2.45) is 0 Å². The molecule has 0 fully saturated rings. The standard InChI is InChI=1S/C7H8N2O2/c1-4(10)6-7(11)5(8)2-3-9-6/h2-3,11H,1H3,(H2,8,9). The van der Waals surface area contributed by atoms with Crippen LogP contribution in [0.15, 0.2) is 12.3 Å². The smallest absolute Gasteiger partial charge is 0.181 e. The van der Waals surface area contributed by atoms with E-state index in [0.29, 0.717) is 0 Å². The van der Waals surface area contributed by atoms with E-state index in [1.807, 2.05) is 0 Å². The minimum Gasteiger partial charge on any atom is -0.504 e.